The van der Waals surface area contributed by atoms with Crippen molar-refractivity contribution >= 4 is 28.6 Å². The molecule has 8 bridgehead atoms. The van der Waals surface area contributed by atoms with Gasteiger partial charge in [-0.05, 0) is 97.8 Å². The standard InChI is InChI=1S/C32H62N8OSi3/c41-44-43-22-14-13-21-23(24(22)42)32-39-30-20-12-6-5-11-19(20)28(37-30)35-26-16-8-2-1-7-15(16)25(33-26)34-27-17-9-3-4-10-18(17)29(36-27)38-31(21)40-32/h15-41H,1-14,43-44H2,42H3. The highest BCUT2D eigenvalue weighted by atomic mass is 29.2. The number of fused-ring (bicyclic) bond motifs is 20. The average molecular weight is 659 g/mol. The van der Waals surface area contributed by atoms with Crippen LogP contribution in [-0.2, 0) is 0 Å². The van der Waals surface area contributed by atoms with Crippen LogP contribution in [-0.4, -0.2) is 82.7 Å². The molecular weight excluding hydrogens is 597 g/mol. The molecule has 0 amide bonds. The molecule has 0 aromatic carbocycles. The predicted molar refractivity (Wildman–Crippen MR) is 185 cm³/mol. The maximum Gasteiger partial charge on any atom is 0.139 e. The molecule has 18 atom stereocenters. The van der Waals surface area contributed by atoms with E-state index in [1.807, 2.05) is 0 Å². The van der Waals surface area contributed by atoms with Gasteiger partial charge in [0, 0.05) is 19.3 Å². The van der Waals surface area contributed by atoms with Crippen LogP contribution in [0.1, 0.15) is 89.9 Å². The second-order valence-electron chi connectivity index (χ2n) is 16.9. The Balaban J connectivity index is 1.05. The summed E-state index contributed by atoms with van der Waals surface area (Å²) in [6.45, 7) is 0. The minimum atomic E-state index is -0.752. The average Bonchev–Trinajstić information content (AvgIpc) is 3.78. The summed E-state index contributed by atoms with van der Waals surface area (Å²) in [4.78, 5) is 10.1. The van der Waals surface area contributed by atoms with Crippen molar-refractivity contribution in [2.24, 2.45) is 47.3 Å². The first-order chi connectivity index (χ1) is 21.7. The number of rotatable bonds is 2. The maximum atomic E-state index is 10.1. The Morgan fingerprint density at radius 1 is 0.409 bits per heavy atom. The van der Waals surface area contributed by atoms with Gasteiger partial charge in [-0.2, -0.15) is 0 Å². The van der Waals surface area contributed by atoms with Crippen LogP contribution in [0.3, 0.4) is 0 Å². The van der Waals surface area contributed by atoms with E-state index in [0.29, 0.717) is 67.1 Å². The molecular formula is C32H62N8OSi3. The minimum Gasteiger partial charge on any atom is -0.442 e. The minimum absolute atomic E-state index is 0.258. The Kier molecular flexibility index (Phi) is 8.71. The van der Waals surface area contributed by atoms with E-state index in [-0.39, 0.29) is 9.04 Å². The van der Waals surface area contributed by atoms with Gasteiger partial charge in [0.1, 0.15) is 9.28 Å². The summed E-state index contributed by atoms with van der Waals surface area (Å²) >= 11 is 0. The summed E-state index contributed by atoms with van der Waals surface area (Å²) in [7, 11) is 0.253. The lowest BCUT2D eigenvalue weighted by molar-refractivity contribution is 0.168. The molecule has 0 aromatic heterocycles. The van der Waals surface area contributed by atoms with Gasteiger partial charge in [0.25, 0.3) is 0 Å². The van der Waals surface area contributed by atoms with Crippen molar-refractivity contribution in [3.05, 3.63) is 0 Å². The van der Waals surface area contributed by atoms with E-state index in [9.17, 15) is 4.80 Å². The van der Waals surface area contributed by atoms with Gasteiger partial charge in [-0.15, -0.1) is 0 Å². The molecule has 9 nitrogen and oxygen atoms in total. The highest BCUT2D eigenvalue weighted by Gasteiger charge is 2.55. The summed E-state index contributed by atoms with van der Waals surface area (Å²) in [5, 5.41) is 34.1. The van der Waals surface area contributed by atoms with Crippen LogP contribution in [0.2, 0.25) is 11.1 Å². The van der Waals surface area contributed by atoms with Crippen LogP contribution >= 0.6 is 0 Å². The van der Waals surface area contributed by atoms with E-state index < -0.39 is 9.28 Å². The molecule has 9 fully saturated rings. The predicted octanol–water partition coefficient (Wildman–Crippen LogP) is -1.07. The summed E-state index contributed by atoms with van der Waals surface area (Å²) in [6.07, 6.45) is 22.3. The van der Waals surface area contributed by atoms with Crippen LogP contribution in [0, 0.1) is 47.3 Å². The van der Waals surface area contributed by atoms with Gasteiger partial charge in [-0.1, -0.05) is 50.5 Å². The summed E-state index contributed by atoms with van der Waals surface area (Å²) in [6, 6.07) is 0. The van der Waals surface area contributed by atoms with Crippen molar-refractivity contribution in [1.29, 1.82) is 0 Å². The second kappa shape index (κ2) is 12.6. The smallest absolute Gasteiger partial charge is 0.139 e. The largest absolute Gasteiger partial charge is 0.442 e. The van der Waals surface area contributed by atoms with Gasteiger partial charge in [-0.3, -0.25) is 42.5 Å². The van der Waals surface area contributed by atoms with Crippen molar-refractivity contribution in [3.63, 3.8) is 0 Å². The van der Waals surface area contributed by atoms with Gasteiger partial charge >= 0.3 is 0 Å². The van der Waals surface area contributed by atoms with E-state index in [0.717, 1.165) is 40.7 Å². The molecule has 248 valence electrons. The number of nitrogens with one attached hydrogen (secondary N) is 8. The molecule has 4 saturated carbocycles. The molecule has 12 heteroatoms. The van der Waals surface area contributed by atoms with Gasteiger partial charge in [0.2, 0.25) is 0 Å². The van der Waals surface area contributed by atoms with Crippen LogP contribution in [0.5, 0.6) is 0 Å². The molecule has 18 unspecified atom stereocenters. The zero-order chi connectivity index (χ0) is 29.4. The van der Waals surface area contributed by atoms with Gasteiger partial charge in [-0.25, -0.2) is 0 Å². The lowest BCUT2D eigenvalue weighted by Crippen LogP contribution is -2.61. The fraction of sp³-hybridized carbons (Fsp3) is 1.00. The third kappa shape index (κ3) is 5.24. The molecule has 5 saturated heterocycles. The molecule has 44 heavy (non-hydrogen) atoms. The van der Waals surface area contributed by atoms with E-state index in [2.05, 4.69) is 42.5 Å². The fourth-order valence-corrected chi connectivity index (χ4v) is 22.4. The van der Waals surface area contributed by atoms with E-state index in [1.54, 1.807) is 0 Å². The molecule has 9 rings (SSSR count). The molecule has 0 radical (unpaired) electrons. The molecule has 0 aromatic rings. The summed E-state index contributed by atoms with van der Waals surface area (Å²) in [5.41, 5.74) is 1.73. The Hall–Kier alpha value is 0.291. The van der Waals surface area contributed by atoms with E-state index in [1.165, 1.54) is 100 Å². The lowest BCUT2D eigenvalue weighted by Gasteiger charge is -2.42. The van der Waals surface area contributed by atoms with Crippen molar-refractivity contribution in [1.82, 2.24) is 42.5 Å². The first kappa shape index (κ1) is 30.4. The van der Waals surface area contributed by atoms with Crippen LogP contribution in [0.4, 0.5) is 0 Å². The molecule has 5 heterocycles. The Bertz CT molecular complexity index is 1030. The highest BCUT2D eigenvalue weighted by Crippen LogP contribution is 2.50. The van der Waals surface area contributed by atoms with Crippen LogP contribution in [0.25, 0.3) is 0 Å². The van der Waals surface area contributed by atoms with Crippen LogP contribution in [0.15, 0.2) is 0 Å². The van der Waals surface area contributed by atoms with Gasteiger partial charge in [0.15, 0.2) is 0 Å². The Morgan fingerprint density at radius 2 is 0.727 bits per heavy atom. The fourth-order valence-electron chi connectivity index (χ4n) is 13.0. The molecule has 9 N–H and O–H groups in total. The molecule has 9 aliphatic rings. The monoisotopic (exact) mass is 658 g/mol. The molecule has 4 aliphatic carbocycles. The molecule has 5 aliphatic heterocycles. The molecule has 0 spiro atoms. The van der Waals surface area contributed by atoms with Gasteiger partial charge < -0.3 is 4.80 Å². The zero-order valence-corrected chi connectivity index (χ0v) is 32.0. The SMILES string of the molecule is O[SiH2][SiH2]C1CCC2C3NC4NC(NC5NC(NC6NC(NC(N3)C2C1[SiH3])C1CCCCC61)C1CCCCC51)C1CCCCC41. The van der Waals surface area contributed by atoms with E-state index in [4.69, 9.17) is 0 Å². The van der Waals surface area contributed by atoms with Crippen molar-refractivity contribution in [2.75, 3.05) is 0 Å². The highest BCUT2D eigenvalue weighted by molar-refractivity contribution is 6.97. The zero-order valence-electron chi connectivity index (χ0n) is 27.2. The first-order valence-electron chi connectivity index (χ1n) is 19.4. The summed E-state index contributed by atoms with van der Waals surface area (Å²) < 4.78 is 0. The van der Waals surface area contributed by atoms with Gasteiger partial charge in [0.05, 0.1) is 49.3 Å². The second-order valence-corrected chi connectivity index (χ2v) is 23.4. The normalized spacial score (nSPS) is 57.5. The van der Waals surface area contributed by atoms with Crippen molar-refractivity contribution < 1.29 is 4.80 Å². The third-order valence-electron chi connectivity index (χ3n) is 15.1. The Morgan fingerprint density at radius 3 is 1.07 bits per heavy atom. The first-order valence-corrected chi connectivity index (χ1v) is 26.0. The van der Waals surface area contributed by atoms with E-state index >= 15 is 0 Å². The lowest BCUT2D eigenvalue weighted by atomic mass is 9.76. The van der Waals surface area contributed by atoms with Crippen molar-refractivity contribution in [3.8, 4) is 0 Å². The maximum absolute atomic E-state index is 10.1. The quantitative estimate of drug-likeness (QED) is 0.171. The Labute approximate surface area is 272 Å². The topological polar surface area (TPSA) is 116 Å². The van der Waals surface area contributed by atoms with Crippen molar-refractivity contribution in [2.45, 2.75) is 150 Å². The number of hydrogen-bond acceptors (Lipinski definition) is 9. The van der Waals surface area contributed by atoms with Crippen LogP contribution < -0.4 is 42.5 Å². The summed E-state index contributed by atoms with van der Waals surface area (Å²) in [5.74, 6) is 5.75. The third-order valence-corrected chi connectivity index (χ3v) is 22.9. The number of hydrogen-bond donors (Lipinski definition) is 9.